The zero-order valence-corrected chi connectivity index (χ0v) is 14.4. The van der Waals surface area contributed by atoms with E-state index in [1.807, 2.05) is 0 Å². The summed E-state index contributed by atoms with van der Waals surface area (Å²) in [7, 11) is 3.80. The van der Waals surface area contributed by atoms with Gasteiger partial charge >= 0.3 is 11.9 Å². The van der Waals surface area contributed by atoms with E-state index in [2.05, 4.69) is 9.72 Å². The smallest absolute Gasteiger partial charge is 0.359 e. The zero-order valence-electron chi connectivity index (χ0n) is 14.4. The van der Waals surface area contributed by atoms with E-state index >= 15 is 0 Å². The summed E-state index contributed by atoms with van der Waals surface area (Å²) in [5.74, 6) is -1.24. The molecule has 0 saturated carbocycles. The minimum atomic E-state index is -0.787. The van der Waals surface area contributed by atoms with Crippen molar-refractivity contribution >= 4 is 17.6 Å². The molecule has 0 unspecified atom stereocenters. The second kappa shape index (κ2) is 8.21. The van der Waals surface area contributed by atoms with Crippen molar-refractivity contribution in [1.82, 2.24) is 9.55 Å². The number of imidazole rings is 1. The molecule has 1 aromatic carbocycles. The first-order valence-corrected chi connectivity index (χ1v) is 7.41. The first-order valence-electron chi connectivity index (χ1n) is 7.41. The summed E-state index contributed by atoms with van der Waals surface area (Å²) in [5.41, 5.74) is 0.338. The molecule has 2 aromatic rings. The van der Waals surface area contributed by atoms with Crippen LogP contribution in [0.15, 0.2) is 24.3 Å². The van der Waals surface area contributed by atoms with Crippen molar-refractivity contribution < 1.29 is 28.7 Å². The average molecular weight is 363 g/mol. The molecule has 26 heavy (non-hydrogen) atoms. The summed E-state index contributed by atoms with van der Waals surface area (Å²) in [6.45, 7) is 0.166. The molecule has 0 saturated heterocycles. The van der Waals surface area contributed by atoms with Gasteiger partial charge in [-0.05, 0) is 5.56 Å². The van der Waals surface area contributed by atoms with Crippen LogP contribution in [0.4, 0.5) is 5.69 Å². The van der Waals surface area contributed by atoms with Gasteiger partial charge in [-0.1, -0.05) is 12.1 Å². The maximum atomic E-state index is 12.2. The molecule has 0 spiro atoms. The molecule has 0 aliphatic rings. The van der Waals surface area contributed by atoms with Gasteiger partial charge in [0.05, 0.1) is 19.1 Å². The van der Waals surface area contributed by atoms with Crippen molar-refractivity contribution in [2.75, 3.05) is 21.3 Å². The van der Waals surface area contributed by atoms with Gasteiger partial charge in [0.2, 0.25) is 0 Å². The van der Waals surface area contributed by atoms with Crippen LogP contribution in [0.25, 0.3) is 0 Å². The number of benzene rings is 1. The van der Waals surface area contributed by atoms with Crippen molar-refractivity contribution in [1.29, 1.82) is 0 Å². The van der Waals surface area contributed by atoms with E-state index in [0.717, 1.165) is 0 Å². The number of hydrogen-bond acceptors (Lipinski definition) is 8. The van der Waals surface area contributed by atoms with Crippen LogP contribution in [0.2, 0.25) is 0 Å². The largest absolute Gasteiger partial charge is 0.464 e. The Morgan fingerprint density at radius 2 is 1.73 bits per heavy atom. The number of nitrogens with zero attached hydrogens (tertiary/aromatic N) is 3. The van der Waals surface area contributed by atoms with E-state index in [-0.39, 0.29) is 30.2 Å². The minimum absolute atomic E-state index is 0.0357. The van der Waals surface area contributed by atoms with E-state index in [0.29, 0.717) is 11.4 Å². The standard InChI is InChI=1S/C16H17N3O7/c1-24-9-12-17-13(15(20)25-2)14(16(21)26-3)18(12)8-10-4-6-11(7-5-10)19(22)23/h4-7H,8-9H2,1-3H3. The molecule has 0 fully saturated rings. The summed E-state index contributed by atoms with van der Waals surface area (Å²) in [6, 6.07) is 5.80. The number of esters is 2. The van der Waals surface area contributed by atoms with Gasteiger partial charge in [-0.2, -0.15) is 0 Å². The van der Waals surface area contributed by atoms with E-state index < -0.39 is 16.9 Å². The first kappa shape index (κ1) is 19.1. The van der Waals surface area contributed by atoms with Crippen LogP contribution in [0, 0.1) is 10.1 Å². The number of aromatic nitrogens is 2. The van der Waals surface area contributed by atoms with Crippen molar-refractivity contribution in [3.63, 3.8) is 0 Å². The van der Waals surface area contributed by atoms with Crippen LogP contribution in [0.5, 0.6) is 0 Å². The number of nitro benzene ring substituents is 1. The van der Waals surface area contributed by atoms with E-state index in [9.17, 15) is 19.7 Å². The fourth-order valence-electron chi connectivity index (χ4n) is 2.36. The number of ether oxygens (including phenoxy) is 3. The Morgan fingerprint density at radius 3 is 2.23 bits per heavy atom. The second-order valence-corrected chi connectivity index (χ2v) is 5.15. The molecule has 0 bridgehead atoms. The number of non-ortho nitro benzene ring substituents is 1. The Kier molecular flexibility index (Phi) is 6.02. The Labute approximate surface area is 148 Å². The molecule has 0 atom stereocenters. The van der Waals surface area contributed by atoms with Crippen LogP contribution in [0.3, 0.4) is 0 Å². The lowest BCUT2D eigenvalue weighted by Gasteiger charge is -2.11. The Bertz CT molecular complexity index is 827. The first-order chi connectivity index (χ1) is 12.4. The maximum absolute atomic E-state index is 12.2. The molecule has 1 heterocycles. The molecule has 0 N–H and O–H groups in total. The summed E-state index contributed by atoms with van der Waals surface area (Å²) in [5, 5.41) is 10.8. The lowest BCUT2D eigenvalue weighted by atomic mass is 10.2. The maximum Gasteiger partial charge on any atom is 0.359 e. The minimum Gasteiger partial charge on any atom is -0.464 e. The number of methoxy groups -OCH3 is 3. The van der Waals surface area contributed by atoms with Gasteiger partial charge in [-0.3, -0.25) is 10.1 Å². The van der Waals surface area contributed by atoms with Crippen LogP contribution < -0.4 is 0 Å². The Morgan fingerprint density at radius 1 is 1.12 bits per heavy atom. The molecule has 0 radical (unpaired) electrons. The van der Waals surface area contributed by atoms with Gasteiger partial charge < -0.3 is 18.8 Å². The average Bonchev–Trinajstić information content (AvgIpc) is 2.99. The predicted octanol–water partition coefficient (Wildman–Crippen LogP) is 1.56. The predicted molar refractivity (Wildman–Crippen MR) is 87.8 cm³/mol. The summed E-state index contributed by atoms with van der Waals surface area (Å²) in [4.78, 5) is 38.6. The van der Waals surface area contributed by atoms with E-state index in [1.54, 1.807) is 12.1 Å². The lowest BCUT2D eigenvalue weighted by molar-refractivity contribution is -0.384. The lowest BCUT2D eigenvalue weighted by Crippen LogP contribution is -2.17. The number of hydrogen-bond donors (Lipinski definition) is 0. The Balaban J connectivity index is 2.53. The van der Waals surface area contributed by atoms with E-state index in [1.165, 1.54) is 38.0 Å². The highest BCUT2D eigenvalue weighted by Crippen LogP contribution is 2.19. The van der Waals surface area contributed by atoms with Gasteiger partial charge in [0.15, 0.2) is 11.4 Å². The number of carbonyl (C=O) groups is 2. The van der Waals surface area contributed by atoms with Crippen molar-refractivity contribution in [2.24, 2.45) is 0 Å². The monoisotopic (exact) mass is 363 g/mol. The molecular weight excluding hydrogens is 346 g/mol. The van der Waals surface area contributed by atoms with Gasteiger partial charge in [-0.15, -0.1) is 0 Å². The van der Waals surface area contributed by atoms with Crippen LogP contribution in [-0.2, 0) is 27.4 Å². The molecule has 0 aliphatic heterocycles. The van der Waals surface area contributed by atoms with Crippen molar-refractivity contribution in [3.8, 4) is 0 Å². The second-order valence-electron chi connectivity index (χ2n) is 5.15. The quantitative estimate of drug-likeness (QED) is 0.412. The summed E-state index contributed by atoms with van der Waals surface area (Å²) in [6.07, 6.45) is 0. The highest BCUT2D eigenvalue weighted by atomic mass is 16.6. The molecule has 2 rings (SSSR count). The zero-order chi connectivity index (χ0) is 19.3. The topological polar surface area (TPSA) is 123 Å². The van der Waals surface area contributed by atoms with Crippen LogP contribution in [-0.4, -0.2) is 47.7 Å². The highest BCUT2D eigenvalue weighted by molar-refractivity contribution is 6.00. The third-order valence-electron chi connectivity index (χ3n) is 3.57. The molecule has 10 nitrogen and oxygen atoms in total. The third kappa shape index (κ3) is 3.86. The molecular formula is C16H17N3O7. The molecule has 0 amide bonds. The fourth-order valence-corrected chi connectivity index (χ4v) is 2.36. The van der Waals surface area contributed by atoms with E-state index in [4.69, 9.17) is 9.47 Å². The highest BCUT2D eigenvalue weighted by Gasteiger charge is 2.28. The third-order valence-corrected chi connectivity index (χ3v) is 3.57. The molecule has 0 aliphatic carbocycles. The number of rotatable bonds is 7. The molecule has 10 heteroatoms. The van der Waals surface area contributed by atoms with Crippen molar-refractivity contribution in [3.05, 3.63) is 57.2 Å². The van der Waals surface area contributed by atoms with Crippen LogP contribution >= 0.6 is 0 Å². The van der Waals surface area contributed by atoms with Gasteiger partial charge in [0.1, 0.15) is 12.4 Å². The molecule has 138 valence electrons. The number of carbonyl (C=O) groups excluding carboxylic acids is 2. The van der Waals surface area contributed by atoms with Gasteiger partial charge in [0.25, 0.3) is 5.69 Å². The summed E-state index contributed by atoms with van der Waals surface area (Å²) >= 11 is 0. The number of nitro groups is 1. The van der Waals surface area contributed by atoms with Crippen molar-refractivity contribution in [2.45, 2.75) is 13.2 Å². The van der Waals surface area contributed by atoms with Crippen LogP contribution in [0.1, 0.15) is 32.4 Å². The normalized spacial score (nSPS) is 10.4. The van der Waals surface area contributed by atoms with Gasteiger partial charge in [-0.25, -0.2) is 14.6 Å². The van der Waals surface area contributed by atoms with Gasteiger partial charge in [0, 0.05) is 25.8 Å². The summed E-state index contributed by atoms with van der Waals surface area (Å²) < 4.78 is 16.0. The molecule has 1 aromatic heterocycles. The SMILES string of the molecule is COCc1nc(C(=O)OC)c(C(=O)OC)n1Cc1ccc([N+](=O)[O-])cc1. The Hall–Kier alpha value is -3.27. The fraction of sp³-hybridized carbons (Fsp3) is 0.312.